The van der Waals surface area contributed by atoms with Crippen molar-refractivity contribution in [3.63, 3.8) is 0 Å². The quantitative estimate of drug-likeness (QED) is 0.884. The summed E-state index contributed by atoms with van der Waals surface area (Å²) >= 11 is 3.08. The van der Waals surface area contributed by atoms with Crippen molar-refractivity contribution < 1.29 is 14.3 Å². The first-order valence-electron chi connectivity index (χ1n) is 5.32. The molecule has 6 nitrogen and oxygen atoms in total. The number of aromatic carboxylic acids is 1. The first-order valence-corrected chi connectivity index (χ1v) is 6.12. The summed E-state index contributed by atoms with van der Waals surface area (Å²) in [6.07, 6.45) is 0. The number of benzene rings is 1. The van der Waals surface area contributed by atoms with E-state index >= 15 is 0 Å². The lowest BCUT2D eigenvalue weighted by atomic mass is 10.2. The first kappa shape index (κ1) is 13.6. The molecule has 1 aromatic heterocycles. The fourth-order valence-corrected chi connectivity index (χ4v) is 2.07. The normalized spacial score (nSPS) is 10.7. The van der Waals surface area contributed by atoms with Crippen molar-refractivity contribution in [1.82, 2.24) is 15.0 Å². The van der Waals surface area contributed by atoms with E-state index in [1.54, 1.807) is 12.1 Å². The highest BCUT2D eigenvalue weighted by Crippen LogP contribution is 2.18. The number of aromatic nitrogens is 3. The zero-order valence-electron chi connectivity index (χ0n) is 9.68. The minimum atomic E-state index is -1.17. The van der Waals surface area contributed by atoms with Gasteiger partial charge in [-0.05, 0) is 33.6 Å². The minimum absolute atomic E-state index is 0.0109. The number of rotatable bonds is 4. The van der Waals surface area contributed by atoms with E-state index in [-0.39, 0.29) is 24.6 Å². The fourth-order valence-electron chi connectivity index (χ4n) is 1.64. The van der Waals surface area contributed by atoms with Gasteiger partial charge >= 0.3 is 5.97 Å². The molecule has 0 unspecified atom stereocenters. The van der Waals surface area contributed by atoms with E-state index in [2.05, 4.69) is 26.2 Å². The zero-order valence-corrected chi connectivity index (χ0v) is 11.3. The number of halogens is 2. The predicted octanol–water partition coefficient (Wildman–Crippen LogP) is 1.38. The average Bonchev–Trinajstić information content (AvgIpc) is 2.76. The van der Waals surface area contributed by atoms with Crippen molar-refractivity contribution in [3.05, 3.63) is 45.4 Å². The molecule has 0 aliphatic carbocycles. The zero-order chi connectivity index (χ0) is 14.0. The average molecular weight is 329 g/mol. The van der Waals surface area contributed by atoms with Crippen LogP contribution in [-0.4, -0.2) is 26.1 Å². The van der Waals surface area contributed by atoms with Crippen LogP contribution in [0.15, 0.2) is 22.7 Å². The number of nitrogens with two attached hydrogens (primary N) is 1. The van der Waals surface area contributed by atoms with Crippen LogP contribution in [0.2, 0.25) is 0 Å². The fraction of sp³-hybridized carbons (Fsp3) is 0.182. The van der Waals surface area contributed by atoms with Crippen LogP contribution in [-0.2, 0) is 13.1 Å². The molecule has 3 N–H and O–H groups in total. The van der Waals surface area contributed by atoms with Crippen molar-refractivity contribution in [2.45, 2.75) is 13.1 Å². The molecule has 0 aliphatic heterocycles. The van der Waals surface area contributed by atoms with E-state index in [0.717, 1.165) is 5.56 Å². The molecule has 0 aliphatic rings. The van der Waals surface area contributed by atoms with Gasteiger partial charge in [-0.3, -0.25) is 0 Å². The molecule has 0 radical (unpaired) electrons. The summed E-state index contributed by atoms with van der Waals surface area (Å²) in [5.41, 5.74) is 6.43. The van der Waals surface area contributed by atoms with Crippen molar-refractivity contribution >= 4 is 21.9 Å². The molecule has 0 atom stereocenters. The lowest BCUT2D eigenvalue weighted by molar-refractivity contribution is 0.0689. The van der Waals surface area contributed by atoms with E-state index in [9.17, 15) is 9.18 Å². The van der Waals surface area contributed by atoms with Gasteiger partial charge in [0.2, 0.25) is 0 Å². The van der Waals surface area contributed by atoms with E-state index in [4.69, 9.17) is 10.8 Å². The Balaban J connectivity index is 2.33. The summed E-state index contributed by atoms with van der Waals surface area (Å²) in [7, 11) is 0. The largest absolute Gasteiger partial charge is 0.476 e. The summed E-state index contributed by atoms with van der Waals surface area (Å²) in [5, 5.41) is 16.3. The van der Waals surface area contributed by atoms with Crippen LogP contribution in [0, 0.1) is 5.82 Å². The van der Waals surface area contributed by atoms with Crippen LogP contribution < -0.4 is 5.73 Å². The van der Waals surface area contributed by atoms with Gasteiger partial charge in [0.1, 0.15) is 5.82 Å². The highest BCUT2D eigenvalue weighted by atomic mass is 79.9. The number of nitrogens with zero attached hydrogens (tertiary/aromatic N) is 3. The Morgan fingerprint density at radius 3 is 2.84 bits per heavy atom. The van der Waals surface area contributed by atoms with Crippen molar-refractivity contribution in [1.29, 1.82) is 0 Å². The lowest BCUT2D eigenvalue weighted by Crippen LogP contribution is -2.13. The third-order valence-electron chi connectivity index (χ3n) is 2.55. The second-order valence-electron chi connectivity index (χ2n) is 3.80. The predicted molar refractivity (Wildman–Crippen MR) is 68.1 cm³/mol. The topological polar surface area (TPSA) is 94.0 Å². The van der Waals surface area contributed by atoms with Gasteiger partial charge in [0.15, 0.2) is 5.69 Å². The summed E-state index contributed by atoms with van der Waals surface area (Å²) in [6, 6.07) is 4.50. The molecule has 19 heavy (non-hydrogen) atoms. The number of carboxylic acids is 1. The second kappa shape index (κ2) is 5.45. The second-order valence-corrected chi connectivity index (χ2v) is 4.65. The Morgan fingerprint density at radius 1 is 1.53 bits per heavy atom. The molecule has 0 fully saturated rings. The third-order valence-corrected chi connectivity index (χ3v) is 3.16. The Labute approximate surface area is 116 Å². The van der Waals surface area contributed by atoms with Gasteiger partial charge in [0, 0.05) is 6.54 Å². The molecule has 0 bridgehead atoms. The number of carboxylic acid groups (broad SMARTS) is 1. The van der Waals surface area contributed by atoms with Gasteiger partial charge in [0.25, 0.3) is 0 Å². The number of hydrogen-bond acceptors (Lipinski definition) is 4. The highest BCUT2D eigenvalue weighted by molar-refractivity contribution is 9.10. The summed E-state index contributed by atoms with van der Waals surface area (Å²) in [4.78, 5) is 10.9. The maximum Gasteiger partial charge on any atom is 0.358 e. The van der Waals surface area contributed by atoms with Gasteiger partial charge in [0.05, 0.1) is 16.7 Å². The van der Waals surface area contributed by atoms with E-state index < -0.39 is 5.97 Å². The maximum absolute atomic E-state index is 13.1. The first-order chi connectivity index (χ1) is 9.02. The lowest BCUT2D eigenvalue weighted by Gasteiger charge is -2.06. The Kier molecular flexibility index (Phi) is 3.91. The maximum atomic E-state index is 13.1. The van der Waals surface area contributed by atoms with E-state index in [1.807, 2.05) is 0 Å². The summed E-state index contributed by atoms with van der Waals surface area (Å²) in [6.45, 7) is 0.280. The van der Waals surface area contributed by atoms with Gasteiger partial charge in [-0.15, -0.1) is 5.10 Å². The third kappa shape index (κ3) is 2.79. The molecular weight excluding hydrogens is 319 g/mol. The van der Waals surface area contributed by atoms with Crippen LogP contribution in [0.5, 0.6) is 0 Å². The molecule has 100 valence electrons. The Hall–Kier alpha value is -1.80. The molecule has 0 saturated carbocycles. The Bertz CT molecular complexity index is 629. The van der Waals surface area contributed by atoms with Crippen molar-refractivity contribution in [2.24, 2.45) is 5.73 Å². The van der Waals surface area contributed by atoms with Crippen molar-refractivity contribution in [3.8, 4) is 0 Å². The number of carbonyl (C=O) groups is 1. The van der Waals surface area contributed by atoms with Crippen LogP contribution in [0.3, 0.4) is 0 Å². The summed E-state index contributed by atoms with van der Waals surface area (Å²) < 4.78 is 14.8. The standard InChI is InChI=1S/C11H10BrFN4O2/c12-7-3-6(1-2-8(7)13)5-17-9(4-14)10(11(18)19)15-16-17/h1-3H,4-5,14H2,(H,18,19). The SMILES string of the molecule is NCc1c(C(=O)O)nnn1Cc1ccc(F)c(Br)c1. The molecule has 0 saturated heterocycles. The van der Waals surface area contributed by atoms with Crippen LogP contribution >= 0.6 is 15.9 Å². The molecule has 8 heteroatoms. The van der Waals surface area contributed by atoms with Gasteiger partial charge < -0.3 is 10.8 Å². The summed E-state index contributed by atoms with van der Waals surface area (Å²) in [5.74, 6) is -1.54. The minimum Gasteiger partial charge on any atom is -0.476 e. The highest BCUT2D eigenvalue weighted by Gasteiger charge is 2.17. The Morgan fingerprint density at radius 2 is 2.26 bits per heavy atom. The molecule has 1 heterocycles. The molecule has 2 rings (SSSR count). The van der Waals surface area contributed by atoms with Gasteiger partial charge in [-0.25, -0.2) is 13.9 Å². The molecular formula is C11H10BrFN4O2. The smallest absolute Gasteiger partial charge is 0.358 e. The molecule has 1 aromatic carbocycles. The molecule has 2 aromatic rings. The van der Waals surface area contributed by atoms with E-state index in [0.29, 0.717) is 10.2 Å². The van der Waals surface area contributed by atoms with Crippen LogP contribution in [0.1, 0.15) is 21.7 Å². The monoisotopic (exact) mass is 328 g/mol. The number of hydrogen-bond donors (Lipinski definition) is 2. The van der Waals surface area contributed by atoms with Crippen molar-refractivity contribution in [2.75, 3.05) is 0 Å². The van der Waals surface area contributed by atoms with Crippen LogP contribution in [0.4, 0.5) is 4.39 Å². The molecule has 0 spiro atoms. The molecule has 0 amide bonds. The van der Waals surface area contributed by atoms with Crippen LogP contribution in [0.25, 0.3) is 0 Å². The van der Waals surface area contributed by atoms with E-state index in [1.165, 1.54) is 10.7 Å². The van der Waals surface area contributed by atoms with Gasteiger partial charge in [-0.1, -0.05) is 11.3 Å². The van der Waals surface area contributed by atoms with Gasteiger partial charge in [-0.2, -0.15) is 0 Å².